The highest BCUT2D eigenvalue weighted by atomic mass is 19.1. The SMILES string of the molecule is Cn1c(CNc2cc(F)ccc2F)nc2ccccc21. The van der Waals surface area contributed by atoms with Crippen molar-refractivity contribution in [1.82, 2.24) is 9.55 Å². The van der Waals surface area contributed by atoms with Crippen LogP contribution in [-0.2, 0) is 13.6 Å². The Kier molecular flexibility index (Phi) is 3.10. The Bertz CT molecular complexity index is 765. The molecule has 0 saturated heterocycles. The normalized spacial score (nSPS) is 10.9. The molecule has 0 radical (unpaired) electrons. The van der Waals surface area contributed by atoms with E-state index < -0.39 is 11.6 Å². The lowest BCUT2D eigenvalue weighted by molar-refractivity contribution is 0.602. The second-order valence-corrected chi connectivity index (χ2v) is 4.55. The Balaban J connectivity index is 1.87. The van der Waals surface area contributed by atoms with E-state index in [1.54, 1.807) is 0 Å². The molecule has 1 N–H and O–H groups in total. The highest BCUT2D eigenvalue weighted by Gasteiger charge is 2.08. The lowest BCUT2D eigenvalue weighted by Crippen LogP contribution is -2.07. The topological polar surface area (TPSA) is 29.9 Å². The molecule has 0 bridgehead atoms. The van der Waals surface area contributed by atoms with Gasteiger partial charge in [-0.3, -0.25) is 0 Å². The monoisotopic (exact) mass is 273 g/mol. The van der Waals surface area contributed by atoms with E-state index in [1.807, 2.05) is 35.9 Å². The summed E-state index contributed by atoms with van der Waals surface area (Å²) in [6.45, 7) is 0.325. The number of benzene rings is 2. The Hall–Kier alpha value is -2.43. The number of hydrogen-bond acceptors (Lipinski definition) is 2. The summed E-state index contributed by atoms with van der Waals surface area (Å²) in [6, 6.07) is 11.1. The first-order chi connectivity index (χ1) is 9.65. The summed E-state index contributed by atoms with van der Waals surface area (Å²) in [6.07, 6.45) is 0. The van der Waals surface area contributed by atoms with Crippen molar-refractivity contribution in [2.75, 3.05) is 5.32 Å². The quantitative estimate of drug-likeness (QED) is 0.792. The van der Waals surface area contributed by atoms with Crippen LogP contribution in [-0.4, -0.2) is 9.55 Å². The number of hydrogen-bond donors (Lipinski definition) is 1. The summed E-state index contributed by atoms with van der Waals surface area (Å²) >= 11 is 0. The third-order valence-electron chi connectivity index (χ3n) is 3.25. The zero-order chi connectivity index (χ0) is 14.1. The van der Waals surface area contributed by atoms with E-state index in [4.69, 9.17) is 0 Å². The summed E-state index contributed by atoms with van der Waals surface area (Å²) in [4.78, 5) is 4.46. The number of aryl methyl sites for hydroxylation is 1. The first kappa shape index (κ1) is 12.6. The lowest BCUT2D eigenvalue weighted by Gasteiger charge is -2.07. The number of imidazole rings is 1. The van der Waals surface area contributed by atoms with Crippen molar-refractivity contribution in [2.45, 2.75) is 6.54 Å². The van der Waals surface area contributed by atoms with Crippen molar-refractivity contribution in [3.8, 4) is 0 Å². The van der Waals surface area contributed by atoms with E-state index in [1.165, 1.54) is 0 Å². The molecule has 3 nitrogen and oxygen atoms in total. The third kappa shape index (κ3) is 2.22. The van der Waals surface area contributed by atoms with Crippen molar-refractivity contribution in [2.24, 2.45) is 7.05 Å². The van der Waals surface area contributed by atoms with Gasteiger partial charge in [0, 0.05) is 7.05 Å². The van der Waals surface area contributed by atoms with Gasteiger partial charge in [-0.2, -0.15) is 0 Å². The zero-order valence-corrected chi connectivity index (χ0v) is 10.9. The highest BCUT2D eigenvalue weighted by Crippen LogP contribution is 2.18. The van der Waals surface area contributed by atoms with E-state index >= 15 is 0 Å². The van der Waals surface area contributed by atoms with E-state index in [2.05, 4.69) is 10.3 Å². The number of fused-ring (bicyclic) bond motifs is 1. The minimum atomic E-state index is -0.481. The van der Waals surface area contributed by atoms with E-state index in [0.717, 1.165) is 35.1 Å². The molecule has 3 aromatic rings. The van der Waals surface area contributed by atoms with Gasteiger partial charge in [-0.25, -0.2) is 13.8 Å². The van der Waals surface area contributed by atoms with Crippen LogP contribution in [0.15, 0.2) is 42.5 Å². The molecule has 0 aliphatic heterocycles. The van der Waals surface area contributed by atoms with Crippen molar-refractivity contribution >= 4 is 16.7 Å². The molecule has 0 unspecified atom stereocenters. The van der Waals surface area contributed by atoms with Gasteiger partial charge in [0.2, 0.25) is 0 Å². The maximum atomic E-state index is 13.5. The summed E-state index contributed by atoms with van der Waals surface area (Å²) in [5.41, 5.74) is 2.02. The van der Waals surface area contributed by atoms with Gasteiger partial charge < -0.3 is 9.88 Å². The maximum absolute atomic E-state index is 13.5. The fraction of sp³-hybridized carbons (Fsp3) is 0.133. The van der Waals surface area contributed by atoms with Gasteiger partial charge in [0.1, 0.15) is 17.5 Å². The van der Waals surface area contributed by atoms with Crippen molar-refractivity contribution in [3.05, 3.63) is 59.9 Å². The molecule has 1 aromatic heterocycles. The highest BCUT2D eigenvalue weighted by molar-refractivity contribution is 5.75. The summed E-state index contributed by atoms with van der Waals surface area (Å²) in [7, 11) is 1.90. The molecule has 1 heterocycles. The van der Waals surface area contributed by atoms with E-state index in [-0.39, 0.29) is 5.69 Å². The van der Waals surface area contributed by atoms with E-state index in [9.17, 15) is 8.78 Å². The van der Waals surface area contributed by atoms with Gasteiger partial charge in [0.05, 0.1) is 23.3 Å². The van der Waals surface area contributed by atoms with Crippen LogP contribution in [0.2, 0.25) is 0 Å². The molecular weight excluding hydrogens is 260 g/mol. The number of nitrogens with zero attached hydrogens (tertiary/aromatic N) is 2. The molecule has 0 aliphatic carbocycles. The average Bonchev–Trinajstić information content (AvgIpc) is 2.77. The Morgan fingerprint density at radius 3 is 2.75 bits per heavy atom. The number of rotatable bonds is 3. The molecule has 3 rings (SSSR count). The zero-order valence-electron chi connectivity index (χ0n) is 10.9. The molecular formula is C15H13F2N3. The van der Waals surface area contributed by atoms with E-state index in [0.29, 0.717) is 6.54 Å². The largest absolute Gasteiger partial charge is 0.375 e. The average molecular weight is 273 g/mol. The van der Waals surface area contributed by atoms with Crippen molar-refractivity contribution < 1.29 is 8.78 Å². The van der Waals surface area contributed by atoms with Crippen molar-refractivity contribution in [1.29, 1.82) is 0 Å². The molecule has 0 atom stereocenters. The molecule has 0 amide bonds. The van der Waals surface area contributed by atoms with Gasteiger partial charge >= 0.3 is 0 Å². The second-order valence-electron chi connectivity index (χ2n) is 4.55. The van der Waals surface area contributed by atoms with Crippen LogP contribution in [0, 0.1) is 11.6 Å². The molecule has 0 fully saturated rings. The van der Waals surface area contributed by atoms with Crippen LogP contribution in [0.3, 0.4) is 0 Å². The first-order valence-electron chi connectivity index (χ1n) is 6.24. The standard InChI is InChI=1S/C15H13F2N3/c1-20-14-5-3-2-4-12(14)19-15(20)9-18-13-8-10(16)6-7-11(13)17/h2-8,18H,9H2,1H3. The Morgan fingerprint density at radius 1 is 1.15 bits per heavy atom. The van der Waals surface area contributed by atoms with Crippen LogP contribution in [0.25, 0.3) is 11.0 Å². The molecule has 2 aromatic carbocycles. The second kappa shape index (κ2) is 4.92. The molecule has 0 spiro atoms. The van der Waals surface area contributed by atoms with Crippen LogP contribution in [0.4, 0.5) is 14.5 Å². The minimum absolute atomic E-state index is 0.136. The number of nitrogens with one attached hydrogen (secondary N) is 1. The lowest BCUT2D eigenvalue weighted by atomic mass is 10.3. The predicted molar refractivity (Wildman–Crippen MR) is 74.4 cm³/mol. The Labute approximate surface area is 114 Å². The van der Waals surface area contributed by atoms with Crippen LogP contribution < -0.4 is 5.32 Å². The summed E-state index contributed by atoms with van der Waals surface area (Å²) in [5.74, 6) is -0.195. The third-order valence-corrected chi connectivity index (χ3v) is 3.25. The minimum Gasteiger partial charge on any atom is -0.375 e. The fourth-order valence-corrected chi connectivity index (χ4v) is 2.16. The number of para-hydroxylation sites is 2. The smallest absolute Gasteiger partial charge is 0.146 e. The predicted octanol–water partition coefficient (Wildman–Crippen LogP) is 3.46. The maximum Gasteiger partial charge on any atom is 0.146 e. The molecule has 0 saturated carbocycles. The molecule has 102 valence electrons. The Morgan fingerprint density at radius 2 is 1.95 bits per heavy atom. The number of aromatic nitrogens is 2. The fourth-order valence-electron chi connectivity index (χ4n) is 2.16. The molecule has 5 heteroatoms. The summed E-state index contributed by atoms with van der Waals surface area (Å²) in [5, 5.41) is 2.87. The van der Waals surface area contributed by atoms with Gasteiger partial charge in [0.25, 0.3) is 0 Å². The van der Waals surface area contributed by atoms with Gasteiger partial charge in [-0.05, 0) is 30.3 Å². The van der Waals surface area contributed by atoms with Crippen molar-refractivity contribution in [3.63, 3.8) is 0 Å². The van der Waals surface area contributed by atoms with Crippen LogP contribution >= 0.6 is 0 Å². The summed E-state index contributed by atoms with van der Waals surface area (Å²) < 4.78 is 28.5. The molecule has 20 heavy (non-hydrogen) atoms. The number of anilines is 1. The van der Waals surface area contributed by atoms with Gasteiger partial charge in [0.15, 0.2) is 0 Å². The number of halogens is 2. The van der Waals surface area contributed by atoms with Crippen LogP contribution in [0.1, 0.15) is 5.82 Å². The molecule has 0 aliphatic rings. The first-order valence-corrected chi connectivity index (χ1v) is 6.24. The van der Waals surface area contributed by atoms with Gasteiger partial charge in [-0.1, -0.05) is 12.1 Å². The van der Waals surface area contributed by atoms with Gasteiger partial charge in [-0.15, -0.1) is 0 Å². The van der Waals surface area contributed by atoms with Crippen LogP contribution in [0.5, 0.6) is 0 Å².